The van der Waals surface area contributed by atoms with Gasteiger partial charge in [0.2, 0.25) is 5.91 Å². The van der Waals surface area contributed by atoms with Crippen molar-refractivity contribution in [3.63, 3.8) is 0 Å². The van der Waals surface area contributed by atoms with Crippen LogP contribution in [0.15, 0.2) is 0 Å². The second-order valence-corrected chi connectivity index (χ2v) is 5.44. The van der Waals surface area contributed by atoms with E-state index in [0.29, 0.717) is 5.91 Å². The summed E-state index contributed by atoms with van der Waals surface area (Å²) in [6.45, 7) is 8.27. The molecule has 0 atom stereocenters. The van der Waals surface area contributed by atoms with E-state index in [4.69, 9.17) is 0 Å². The van der Waals surface area contributed by atoms with Gasteiger partial charge in [0.25, 0.3) is 0 Å². The molecule has 0 saturated heterocycles. The number of carbonyl (C=O) groups is 1. The first-order chi connectivity index (χ1) is 8.21. The Morgan fingerprint density at radius 3 is 2.06 bits per heavy atom. The minimum absolute atomic E-state index is 0.251. The molecule has 102 valence electrons. The molecule has 0 unspecified atom stereocenters. The SMILES string of the molecule is CCCCN(CCBr)C(=O)C(CCC)CCC. The highest BCUT2D eigenvalue weighted by atomic mass is 79.9. The predicted molar refractivity (Wildman–Crippen MR) is 78.6 cm³/mol. The number of amides is 1. The topological polar surface area (TPSA) is 20.3 Å². The largest absolute Gasteiger partial charge is 0.342 e. The van der Waals surface area contributed by atoms with Gasteiger partial charge in [0.15, 0.2) is 0 Å². The van der Waals surface area contributed by atoms with Gasteiger partial charge in [-0.3, -0.25) is 4.79 Å². The fourth-order valence-corrected chi connectivity index (χ4v) is 2.56. The van der Waals surface area contributed by atoms with E-state index in [-0.39, 0.29) is 5.92 Å². The van der Waals surface area contributed by atoms with Crippen LogP contribution in [0.25, 0.3) is 0 Å². The Bertz CT molecular complexity index is 191. The highest BCUT2D eigenvalue weighted by Gasteiger charge is 2.21. The Morgan fingerprint density at radius 2 is 1.65 bits per heavy atom. The minimum atomic E-state index is 0.251. The summed E-state index contributed by atoms with van der Waals surface area (Å²) >= 11 is 3.44. The molecule has 0 aliphatic carbocycles. The Labute approximate surface area is 115 Å². The lowest BCUT2D eigenvalue weighted by Gasteiger charge is -2.26. The number of alkyl halides is 1. The van der Waals surface area contributed by atoms with Crippen LogP contribution < -0.4 is 0 Å². The van der Waals surface area contributed by atoms with E-state index in [9.17, 15) is 4.79 Å². The molecular formula is C14H28BrNO. The zero-order valence-electron chi connectivity index (χ0n) is 11.7. The van der Waals surface area contributed by atoms with E-state index in [1.54, 1.807) is 0 Å². The number of rotatable bonds is 10. The van der Waals surface area contributed by atoms with Crippen molar-refractivity contribution in [2.75, 3.05) is 18.4 Å². The number of carbonyl (C=O) groups excluding carboxylic acids is 1. The van der Waals surface area contributed by atoms with Crippen LogP contribution in [-0.2, 0) is 4.79 Å². The third-order valence-corrected chi connectivity index (χ3v) is 3.43. The molecule has 0 aliphatic heterocycles. The molecule has 0 aromatic rings. The smallest absolute Gasteiger partial charge is 0.225 e. The van der Waals surface area contributed by atoms with Gasteiger partial charge >= 0.3 is 0 Å². The van der Waals surface area contributed by atoms with Crippen molar-refractivity contribution in [1.82, 2.24) is 4.90 Å². The van der Waals surface area contributed by atoms with E-state index in [2.05, 4.69) is 36.7 Å². The second kappa shape index (κ2) is 11.1. The monoisotopic (exact) mass is 305 g/mol. The van der Waals surface area contributed by atoms with Crippen LogP contribution in [0, 0.1) is 5.92 Å². The molecule has 3 heteroatoms. The summed E-state index contributed by atoms with van der Waals surface area (Å²) < 4.78 is 0. The van der Waals surface area contributed by atoms with Crippen molar-refractivity contribution >= 4 is 21.8 Å². The van der Waals surface area contributed by atoms with Crippen molar-refractivity contribution in [3.8, 4) is 0 Å². The summed E-state index contributed by atoms with van der Waals surface area (Å²) in [4.78, 5) is 14.5. The van der Waals surface area contributed by atoms with Crippen molar-refractivity contribution in [3.05, 3.63) is 0 Å². The van der Waals surface area contributed by atoms with Crippen molar-refractivity contribution in [1.29, 1.82) is 0 Å². The summed E-state index contributed by atoms with van der Waals surface area (Å²) in [6, 6.07) is 0. The standard InChI is InChI=1S/C14H28BrNO/c1-4-7-11-16(12-10-15)14(17)13(8-5-2)9-6-3/h13H,4-12H2,1-3H3. The lowest BCUT2D eigenvalue weighted by Crippen LogP contribution is -2.38. The molecule has 0 saturated carbocycles. The first-order valence-electron chi connectivity index (χ1n) is 7.05. The lowest BCUT2D eigenvalue weighted by molar-refractivity contribution is -0.135. The van der Waals surface area contributed by atoms with Crippen LogP contribution in [0.1, 0.15) is 59.3 Å². The van der Waals surface area contributed by atoms with E-state index >= 15 is 0 Å². The fraction of sp³-hybridized carbons (Fsp3) is 0.929. The molecule has 0 spiro atoms. The van der Waals surface area contributed by atoms with E-state index < -0.39 is 0 Å². The van der Waals surface area contributed by atoms with Gasteiger partial charge in [-0.25, -0.2) is 0 Å². The Hall–Kier alpha value is -0.0500. The molecule has 0 fully saturated rings. The zero-order valence-corrected chi connectivity index (χ0v) is 13.3. The number of unbranched alkanes of at least 4 members (excludes halogenated alkanes) is 1. The third kappa shape index (κ3) is 7.07. The predicted octanol–water partition coefficient (Wildman–Crippen LogP) is 4.23. The van der Waals surface area contributed by atoms with Gasteiger partial charge in [0.05, 0.1) is 0 Å². The Kier molecular flexibility index (Phi) is 11.0. The second-order valence-electron chi connectivity index (χ2n) is 4.64. The van der Waals surface area contributed by atoms with Gasteiger partial charge in [0.1, 0.15) is 0 Å². The quantitative estimate of drug-likeness (QED) is 0.553. The molecule has 0 aliphatic rings. The maximum absolute atomic E-state index is 12.4. The summed E-state index contributed by atoms with van der Waals surface area (Å²) in [6.07, 6.45) is 6.55. The van der Waals surface area contributed by atoms with Crippen LogP contribution in [0.3, 0.4) is 0 Å². The normalized spacial score (nSPS) is 10.9. The Balaban J connectivity index is 4.40. The zero-order chi connectivity index (χ0) is 13.1. The fourth-order valence-electron chi connectivity index (χ4n) is 2.13. The molecule has 0 rings (SSSR count). The van der Waals surface area contributed by atoms with E-state index in [0.717, 1.165) is 56.9 Å². The van der Waals surface area contributed by atoms with Gasteiger partial charge in [0, 0.05) is 24.3 Å². The maximum Gasteiger partial charge on any atom is 0.225 e. The van der Waals surface area contributed by atoms with Crippen LogP contribution in [0.4, 0.5) is 0 Å². The number of hydrogen-bond acceptors (Lipinski definition) is 1. The minimum Gasteiger partial charge on any atom is -0.342 e. The van der Waals surface area contributed by atoms with E-state index in [1.807, 2.05) is 4.90 Å². The third-order valence-electron chi connectivity index (χ3n) is 3.07. The average molecular weight is 306 g/mol. The summed E-state index contributed by atoms with van der Waals surface area (Å²) in [5.41, 5.74) is 0. The van der Waals surface area contributed by atoms with Crippen LogP contribution in [0.5, 0.6) is 0 Å². The van der Waals surface area contributed by atoms with Crippen molar-refractivity contribution < 1.29 is 4.79 Å². The molecular weight excluding hydrogens is 278 g/mol. The highest BCUT2D eigenvalue weighted by molar-refractivity contribution is 9.09. The van der Waals surface area contributed by atoms with Crippen molar-refractivity contribution in [2.24, 2.45) is 5.92 Å². The Morgan fingerprint density at radius 1 is 1.06 bits per heavy atom. The van der Waals surface area contributed by atoms with Crippen LogP contribution >= 0.6 is 15.9 Å². The molecule has 0 aromatic heterocycles. The summed E-state index contributed by atoms with van der Waals surface area (Å²) in [7, 11) is 0. The summed E-state index contributed by atoms with van der Waals surface area (Å²) in [5, 5.41) is 0.882. The molecule has 0 heterocycles. The molecule has 0 aromatic carbocycles. The number of hydrogen-bond donors (Lipinski definition) is 0. The van der Waals surface area contributed by atoms with Crippen LogP contribution in [0.2, 0.25) is 0 Å². The molecule has 0 N–H and O–H groups in total. The van der Waals surface area contributed by atoms with Crippen molar-refractivity contribution in [2.45, 2.75) is 59.3 Å². The van der Waals surface area contributed by atoms with E-state index in [1.165, 1.54) is 0 Å². The van der Waals surface area contributed by atoms with Gasteiger partial charge in [-0.1, -0.05) is 56.0 Å². The van der Waals surface area contributed by atoms with Gasteiger partial charge in [-0.2, -0.15) is 0 Å². The summed E-state index contributed by atoms with van der Waals surface area (Å²) in [5.74, 6) is 0.627. The number of nitrogens with zero attached hydrogens (tertiary/aromatic N) is 1. The molecule has 0 radical (unpaired) electrons. The molecule has 0 bridgehead atoms. The highest BCUT2D eigenvalue weighted by Crippen LogP contribution is 2.17. The maximum atomic E-state index is 12.4. The van der Waals surface area contributed by atoms with Gasteiger partial charge in [-0.15, -0.1) is 0 Å². The first-order valence-corrected chi connectivity index (χ1v) is 8.18. The molecule has 1 amide bonds. The van der Waals surface area contributed by atoms with Gasteiger partial charge < -0.3 is 4.90 Å². The molecule has 2 nitrogen and oxygen atoms in total. The molecule has 17 heavy (non-hydrogen) atoms. The average Bonchev–Trinajstić information content (AvgIpc) is 2.33. The first kappa shape index (κ1) is 16.9. The van der Waals surface area contributed by atoms with Gasteiger partial charge in [-0.05, 0) is 19.3 Å². The number of halogens is 1. The van der Waals surface area contributed by atoms with Crippen LogP contribution in [-0.4, -0.2) is 29.2 Å². The lowest BCUT2D eigenvalue weighted by atomic mass is 9.96.